The summed E-state index contributed by atoms with van der Waals surface area (Å²) in [7, 11) is 2.12. The van der Waals surface area contributed by atoms with Gasteiger partial charge in [-0.1, -0.05) is 29.8 Å². The minimum absolute atomic E-state index is 0.102. The number of hydrogen-bond donors (Lipinski definition) is 0. The third-order valence-electron chi connectivity index (χ3n) is 5.65. The minimum atomic E-state index is -0.490. The van der Waals surface area contributed by atoms with E-state index in [1.54, 1.807) is 11.0 Å². The third kappa shape index (κ3) is 3.37. The summed E-state index contributed by atoms with van der Waals surface area (Å²) in [6.07, 6.45) is 1.50. The zero-order valence-corrected chi connectivity index (χ0v) is 16.8. The highest BCUT2D eigenvalue weighted by Gasteiger charge is 2.40. The van der Waals surface area contributed by atoms with Crippen molar-refractivity contribution in [3.63, 3.8) is 0 Å². The van der Waals surface area contributed by atoms with E-state index in [-0.39, 0.29) is 12.0 Å². The van der Waals surface area contributed by atoms with Crippen molar-refractivity contribution in [3.05, 3.63) is 64.8 Å². The summed E-state index contributed by atoms with van der Waals surface area (Å²) in [4.78, 5) is 26.1. The molecule has 2 aliphatic rings. The van der Waals surface area contributed by atoms with Gasteiger partial charge in [-0.2, -0.15) is 0 Å². The van der Waals surface area contributed by atoms with Gasteiger partial charge in [0, 0.05) is 29.6 Å². The molecule has 0 bridgehead atoms. The summed E-state index contributed by atoms with van der Waals surface area (Å²) in [5, 5.41) is 1.24. The molecular formula is C22H21ClN4O2. The number of hydrogen-bond acceptors (Lipinski definition) is 5. The van der Waals surface area contributed by atoms with Gasteiger partial charge in [0.25, 0.3) is 5.91 Å². The topological polar surface area (TPSA) is 58.6 Å². The van der Waals surface area contributed by atoms with E-state index in [1.165, 1.54) is 0 Å². The maximum Gasteiger partial charge on any atom is 0.262 e. The van der Waals surface area contributed by atoms with Crippen LogP contribution >= 0.6 is 11.6 Å². The van der Waals surface area contributed by atoms with E-state index in [2.05, 4.69) is 21.9 Å². The van der Waals surface area contributed by atoms with Crippen LogP contribution in [0.15, 0.2) is 48.5 Å². The lowest BCUT2D eigenvalue weighted by Gasteiger charge is -2.33. The molecule has 5 rings (SSSR count). The molecule has 1 atom stereocenters. The fourth-order valence-electron chi connectivity index (χ4n) is 4.04. The molecule has 2 aromatic heterocycles. The SMILES string of the molecule is CN1CCC(OC2c3ccccc3C(=O)N2c2ccc3ccc(Cl)nc3n2)CC1. The van der Waals surface area contributed by atoms with Gasteiger partial charge >= 0.3 is 0 Å². The van der Waals surface area contributed by atoms with Gasteiger partial charge in [0.15, 0.2) is 11.9 Å². The summed E-state index contributed by atoms with van der Waals surface area (Å²) in [6.45, 7) is 1.98. The van der Waals surface area contributed by atoms with Gasteiger partial charge in [0.05, 0.1) is 6.10 Å². The molecule has 3 aromatic rings. The number of benzene rings is 1. The first-order valence-corrected chi connectivity index (χ1v) is 10.2. The van der Waals surface area contributed by atoms with Crippen molar-refractivity contribution < 1.29 is 9.53 Å². The highest BCUT2D eigenvalue weighted by atomic mass is 35.5. The summed E-state index contributed by atoms with van der Waals surface area (Å²) in [6, 6.07) is 15.0. The number of pyridine rings is 2. The average molecular weight is 409 g/mol. The van der Waals surface area contributed by atoms with E-state index in [1.807, 2.05) is 42.5 Å². The number of ether oxygens (including phenoxy) is 1. The van der Waals surface area contributed by atoms with Gasteiger partial charge in [-0.3, -0.25) is 9.69 Å². The monoisotopic (exact) mass is 408 g/mol. The number of anilines is 1. The molecule has 4 heterocycles. The maximum atomic E-state index is 13.3. The fourth-order valence-corrected chi connectivity index (χ4v) is 4.19. The van der Waals surface area contributed by atoms with Gasteiger partial charge in [-0.15, -0.1) is 0 Å². The summed E-state index contributed by atoms with van der Waals surface area (Å²) in [5.74, 6) is 0.416. The molecule has 0 saturated carbocycles. The van der Waals surface area contributed by atoms with E-state index >= 15 is 0 Å². The number of carbonyl (C=O) groups excluding carboxylic acids is 1. The van der Waals surface area contributed by atoms with Crippen molar-refractivity contribution in [1.82, 2.24) is 14.9 Å². The largest absolute Gasteiger partial charge is 0.350 e. The van der Waals surface area contributed by atoms with Crippen molar-refractivity contribution in [2.75, 3.05) is 25.0 Å². The van der Waals surface area contributed by atoms with Gasteiger partial charge in [0.2, 0.25) is 0 Å². The molecule has 0 radical (unpaired) electrons. The number of fused-ring (bicyclic) bond motifs is 2. The molecule has 0 N–H and O–H groups in total. The molecule has 29 heavy (non-hydrogen) atoms. The molecule has 1 fully saturated rings. The van der Waals surface area contributed by atoms with Crippen LogP contribution in [0.3, 0.4) is 0 Å². The fraction of sp³-hybridized carbons (Fsp3) is 0.318. The number of rotatable bonds is 3. The lowest BCUT2D eigenvalue weighted by atomic mass is 10.1. The highest BCUT2D eigenvalue weighted by Crippen LogP contribution is 2.39. The van der Waals surface area contributed by atoms with Crippen molar-refractivity contribution in [2.24, 2.45) is 0 Å². The number of nitrogens with zero attached hydrogens (tertiary/aromatic N) is 4. The van der Waals surface area contributed by atoms with E-state index in [9.17, 15) is 4.79 Å². The van der Waals surface area contributed by atoms with Gasteiger partial charge < -0.3 is 9.64 Å². The van der Waals surface area contributed by atoms with Gasteiger partial charge in [-0.05, 0) is 50.2 Å². The van der Waals surface area contributed by atoms with Crippen LogP contribution in [0.2, 0.25) is 5.15 Å². The van der Waals surface area contributed by atoms with Crippen LogP contribution in [-0.4, -0.2) is 47.0 Å². The Kier molecular flexibility index (Phi) is 4.70. The standard InChI is InChI=1S/C22H21ClN4O2/c1-26-12-10-15(11-13-26)29-22-17-5-3-2-4-16(17)21(28)27(22)19-9-7-14-6-8-18(23)24-20(14)25-19/h2-9,15,22H,10-13H2,1H3. The molecule has 7 heteroatoms. The molecule has 0 spiro atoms. The molecule has 6 nitrogen and oxygen atoms in total. The van der Waals surface area contributed by atoms with Crippen molar-refractivity contribution in [3.8, 4) is 0 Å². The van der Waals surface area contributed by atoms with Crippen LogP contribution in [0.5, 0.6) is 0 Å². The lowest BCUT2D eigenvalue weighted by molar-refractivity contribution is -0.0372. The summed E-state index contributed by atoms with van der Waals surface area (Å²) in [5.41, 5.74) is 2.06. The second-order valence-corrected chi connectivity index (χ2v) is 7.99. The zero-order valence-electron chi connectivity index (χ0n) is 16.1. The number of piperidine rings is 1. The van der Waals surface area contributed by atoms with Gasteiger partial charge in [-0.25, -0.2) is 9.97 Å². The van der Waals surface area contributed by atoms with Crippen LogP contribution in [0.1, 0.15) is 35.0 Å². The lowest BCUT2D eigenvalue weighted by Crippen LogP contribution is -2.38. The van der Waals surface area contributed by atoms with E-state index in [0.29, 0.717) is 22.2 Å². The predicted octanol–water partition coefficient (Wildman–Crippen LogP) is 4.05. The minimum Gasteiger partial charge on any atom is -0.350 e. The Morgan fingerprint density at radius 1 is 1.03 bits per heavy atom. The Bertz CT molecular complexity index is 1080. The molecule has 1 unspecified atom stereocenters. The quantitative estimate of drug-likeness (QED) is 0.612. The molecular weight excluding hydrogens is 388 g/mol. The predicted molar refractivity (Wildman–Crippen MR) is 112 cm³/mol. The van der Waals surface area contributed by atoms with E-state index in [4.69, 9.17) is 16.3 Å². The van der Waals surface area contributed by atoms with Crippen LogP contribution in [-0.2, 0) is 4.74 Å². The average Bonchev–Trinajstić information content (AvgIpc) is 3.01. The molecule has 148 valence electrons. The number of halogens is 1. The Balaban J connectivity index is 1.54. The first kappa shape index (κ1) is 18.5. The highest BCUT2D eigenvalue weighted by molar-refractivity contribution is 6.29. The first-order chi connectivity index (χ1) is 14.1. The maximum absolute atomic E-state index is 13.3. The molecule has 1 saturated heterocycles. The third-order valence-corrected chi connectivity index (χ3v) is 5.86. The Morgan fingerprint density at radius 3 is 2.62 bits per heavy atom. The molecule has 1 amide bonds. The first-order valence-electron chi connectivity index (χ1n) is 9.80. The van der Waals surface area contributed by atoms with Crippen LogP contribution in [0.25, 0.3) is 11.0 Å². The number of aromatic nitrogens is 2. The van der Waals surface area contributed by atoms with Crippen molar-refractivity contribution in [1.29, 1.82) is 0 Å². The van der Waals surface area contributed by atoms with E-state index < -0.39 is 6.23 Å². The Hall–Kier alpha value is -2.54. The second kappa shape index (κ2) is 7.37. The smallest absolute Gasteiger partial charge is 0.262 e. The van der Waals surface area contributed by atoms with Crippen LogP contribution in [0, 0.1) is 0 Å². The van der Waals surface area contributed by atoms with Gasteiger partial charge in [0.1, 0.15) is 11.0 Å². The number of carbonyl (C=O) groups is 1. The Morgan fingerprint density at radius 2 is 1.79 bits per heavy atom. The summed E-state index contributed by atoms with van der Waals surface area (Å²) >= 11 is 6.04. The second-order valence-electron chi connectivity index (χ2n) is 7.60. The van der Waals surface area contributed by atoms with Crippen molar-refractivity contribution in [2.45, 2.75) is 25.2 Å². The molecule has 1 aromatic carbocycles. The summed E-state index contributed by atoms with van der Waals surface area (Å²) < 4.78 is 6.49. The van der Waals surface area contributed by atoms with Crippen LogP contribution in [0.4, 0.5) is 5.82 Å². The molecule has 2 aliphatic heterocycles. The normalized spacial score (nSPS) is 20.4. The number of amides is 1. The Labute approximate surface area is 174 Å². The van der Waals surface area contributed by atoms with Crippen molar-refractivity contribution >= 4 is 34.4 Å². The number of likely N-dealkylation sites (tertiary alicyclic amines) is 1. The van der Waals surface area contributed by atoms with Crippen LogP contribution < -0.4 is 4.90 Å². The van der Waals surface area contributed by atoms with E-state index in [0.717, 1.165) is 36.9 Å². The molecule has 0 aliphatic carbocycles. The zero-order chi connectivity index (χ0) is 20.0.